The van der Waals surface area contributed by atoms with Crippen LogP contribution in [0.3, 0.4) is 0 Å². The first-order valence-electron chi connectivity index (χ1n) is 12.6. The van der Waals surface area contributed by atoms with Gasteiger partial charge >= 0.3 is 5.97 Å². The van der Waals surface area contributed by atoms with Crippen LogP contribution in [0.25, 0.3) is 0 Å². The summed E-state index contributed by atoms with van der Waals surface area (Å²) in [6.45, 7) is 11.4. The number of methoxy groups -OCH3 is 1. The summed E-state index contributed by atoms with van der Waals surface area (Å²) in [6.07, 6.45) is 4.92. The van der Waals surface area contributed by atoms with Gasteiger partial charge in [-0.1, -0.05) is 40.5 Å². The van der Waals surface area contributed by atoms with E-state index in [4.69, 9.17) is 4.74 Å². The van der Waals surface area contributed by atoms with Crippen molar-refractivity contribution in [1.82, 2.24) is 0 Å². The summed E-state index contributed by atoms with van der Waals surface area (Å²) in [5.41, 5.74) is -0.484. The maximum absolute atomic E-state index is 11.5. The maximum Gasteiger partial charge on any atom is 0.305 e. The lowest BCUT2D eigenvalue weighted by atomic mass is 9.45. The summed E-state index contributed by atoms with van der Waals surface area (Å²) in [5, 5.41) is 32.5. The molecule has 0 aromatic rings. The molecule has 3 rings (SSSR count). The number of esters is 1. The molecule has 1 aliphatic heterocycles. The second-order valence-corrected chi connectivity index (χ2v) is 12.2. The van der Waals surface area contributed by atoms with Crippen LogP contribution in [0.1, 0.15) is 86.0 Å². The number of rotatable bonds is 9. The largest absolute Gasteiger partial charge is 0.469 e. The van der Waals surface area contributed by atoms with Crippen molar-refractivity contribution < 1.29 is 29.6 Å². The first-order chi connectivity index (χ1) is 14.8. The fraction of sp³-hybridized carbons (Fsp3) is 0.962. The summed E-state index contributed by atoms with van der Waals surface area (Å²) in [5.74, 6) is 0.160. The van der Waals surface area contributed by atoms with Crippen molar-refractivity contribution >= 4 is 5.97 Å². The maximum atomic E-state index is 11.5. The van der Waals surface area contributed by atoms with E-state index in [-0.39, 0.29) is 47.1 Å². The van der Waals surface area contributed by atoms with Crippen LogP contribution in [0.4, 0.5) is 0 Å². The Hall–Kier alpha value is -0.690. The van der Waals surface area contributed by atoms with Crippen LogP contribution in [0, 0.1) is 34.5 Å². The number of carbonyl (C=O) groups excluding carboxylic acids is 1. The monoisotopic (exact) mass is 454 g/mol. The summed E-state index contributed by atoms with van der Waals surface area (Å²) in [4.78, 5) is 11.5. The predicted molar refractivity (Wildman–Crippen MR) is 123 cm³/mol. The number of aliphatic hydroxyl groups is 3. The second kappa shape index (κ2) is 9.52. The van der Waals surface area contributed by atoms with Gasteiger partial charge in [0.15, 0.2) is 0 Å². The highest BCUT2D eigenvalue weighted by Gasteiger charge is 2.65. The normalized spacial score (nSPS) is 42.6. The lowest BCUT2D eigenvalue weighted by Crippen LogP contribution is -2.61. The Morgan fingerprint density at radius 3 is 2.53 bits per heavy atom. The van der Waals surface area contributed by atoms with Crippen LogP contribution in [0.2, 0.25) is 0 Å². The minimum absolute atomic E-state index is 0.0583. The first kappa shape index (κ1) is 25.9. The number of hydrogen-bond acceptors (Lipinski definition) is 6. The van der Waals surface area contributed by atoms with Crippen LogP contribution in [0.5, 0.6) is 0 Å². The molecule has 0 bridgehead atoms. The average Bonchev–Trinajstić information content (AvgIpc) is 3.03. The Bertz CT molecular complexity index is 665. The fourth-order valence-corrected chi connectivity index (χ4v) is 7.84. The van der Waals surface area contributed by atoms with Gasteiger partial charge in [0.2, 0.25) is 0 Å². The zero-order chi connectivity index (χ0) is 23.9. The molecule has 1 saturated heterocycles. The van der Waals surface area contributed by atoms with Crippen molar-refractivity contribution in [1.29, 1.82) is 0 Å². The molecular weight excluding hydrogens is 408 g/mol. The van der Waals surface area contributed by atoms with E-state index in [0.29, 0.717) is 18.8 Å². The molecule has 0 amide bonds. The summed E-state index contributed by atoms with van der Waals surface area (Å²) < 4.78 is 10.9. The molecule has 3 N–H and O–H groups in total. The van der Waals surface area contributed by atoms with Crippen LogP contribution >= 0.6 is 0 Å². The van der Waals surface area contributed by atoms with Gasteiger partial charge in [-0.3, -0.25) is 4.79 Å². The molecule has 0 aromatic carbocycles. The van der Waals surface area contributed by atoms with E-state index in [0.717, 1.165) is 25.9 Å². The van der Waals surface area contributed by atoms with Crippen molar-refractivity contribution in [3.8, 4) is 0 Å². The summed E-state index contributed by atoms with van der Waals surface area (Å²) >= 11 is 0. The number of carbonyl (C=O) groups is 1. The van der Waals surface area contributed by atoms with Gasteiger partial charge in [-0.25, -0.2) is 0 Å². The molecule has 10 atom stereocenters. The van der Waals surface area contributed by atoms with Gasteiger partial charge < -0.3 is 24.8 Å². The molecule has 1 heterocycles. The molecule has 2 unspecified atom stereocenters. The Balaban J connectivity index is 1.62. The first-order valence-corrected chi connectivity index (χ1v) is 12.6. The van der Waals surface area contributed by atoms with Gasteiger partial charge in [-0.2, -0.15) is 0 Å². The number of aliphatic hydroxyl groups excluding tert-OH is 2. The second-order valence-electron chi connectivity index (χ2n) is 12.2. The van der Waals surface area contributed by atoms with Crippen LogP contribution in [-0.2, 0) is 14.3 Å². The molecule has 0 radical (unpaired) electrons. The predicted octanol–water partition coefficient (Wildman–Crippen LogP) is 3.70. The van der Waals surface area contributed by atoms with Crippen molar-refractivity contribution in [2.75, 3.05) is 13.7 Å². The zero-order valence-corrected chi connectivity index (χ0v) is 21.0. The molecular formula is C26H46O6. The van der Waals surface area contributed by atoms with E-state index in [1.54, 1.807) is 6.92 Å². The SMILES string of the molecule is COC(=O)CC(C)[C@H](O)[C@@H](O)CC(C)CC[C@@H]1[C@@]2(C)CCC[C@@]3(C)CO[C@@H](C[C@@]1(C)O)[C@@H]32. The highest BCUT2D eigenvalue weighted by molar-refractivity contribution is 5.69. The average molecular weight is 455 g/mol. The number of hydrogen-bond donors (Lipinski definition) is 3. The third kappa shape index (κ3) is 4.89. The minimum Gasteiger partial charge on any atom is -0.469 e. The Morgan fingerprint density at radius 2 is 1.88 bits per heavy atom. The summed E-state index contributed by atoms with van der Waals surface area (Å²) in [7, 11) is 1.33. The van der Waals surface area contributed by atoms with Crippen LogP contribution in [0.15, 0.2) is 0 Å². The van der Waals surface area contributed by atoms with E-state index in [2.05, 4.69) is 25.5 Å². The fourth-order valence-electron chi connectivity index (χ4n) is 7.84. The third-order valence-corrected chi connectivity index (χ3v) is 9.37. The lowest BCUT2D eigenvalue weighted by Gasteiger charge is -2.60. The summed E-state index contributed by atoms with van der Waals surface area (Å²) in [6, 6.07) is 0. The van der Waals surface area contributed by atoms with Gasteiger partial charge in [-0.15, -0.1) is 0 Å². The third-order valence-electron chi connectivity index (χ3n) is 9.37. The van der Waals surface area contributed by atoms with Crippen LogP contribution in [-0.4, -0.2) is 58.9 Å². The van der Waals surface area contributed by atoms with Gasteiger partial charge in [-0.05, 0) is 67.1 Å². The Kier molecular flexibility index (Phi) is 7.71. The van der Waals surface area contributed by atoms with E-state index < -0.39 is 17.8 Å². The lowest BCUT2D eigenvalue weighted by molar-refractivity contribution is -0.182. The molecule has 0 aromatic heterocycles. The standard InChI is InChI=1S/C26H46O6/c1-16(12-18(27)22(29)17(2)13-21(28)31-6)8-9-20-25(4)11-7-10-24(3)15-32-19(23(24)25)14-26(20,5)30/h16-20,22-23,27,29-30H,7-15H2,1-6H3/t16?,17?,18-,19-,20+,22-,23-,24-,25+,26+/m0/s1. The minimum atomic E-state index is -0.956. The van der Waals surface area contributed by atoms with Crippen LogP contribution < -0.4 is 0 Å². The molecule has 186 valence electrons. The highest BCUT2D eigenvalue weighted by Crippen LogP contribution is 2.66. The molecule has 2 aliphatic carbocycles. The van der Waals surface area contributed by atoms with Gasteiger partial charge in [0.25, 0.3) is 0 Å². The van der Waals surface area contributed by atoms with Crippen molar-refractivity contribution in [2.45, 2.75) is 110 Å². The van der Waals surface area contributed by atoms with Gasteiger partial charge in [0, 0.05) is 6.42 Å². The topological polar surface area (TPSA) is 96.2 Å². The molecule has 2 saturated carbocycles. The quantitative estimate of drug-likeness (QED) is 0.460. The van der Waals surface area contributed by atoms with E-state index >= 15 is 0 Å². The smallest absolute Gasteiger partial charge is 0.305 e. The zero-order valence-electron chi connectivity index (χ0n) is 21.0. The molecule has 6 heteroatoms. The van der Waals surface area contributed by atoms with Crippen molar-refractivity contribution in [3.63, 3.8) is 0 Å². The molecule has 6 nitrogen and oxygen atoms in total. The van der Waals surface area contributed by atoms with E-state index in [1.165, 1.54) is 20.0 Å². The van der Waals surface area contributed by atoms with Crippen molar-refractivity contribution in [3.05, 3.63) is 0 Å². The highest BCUT2D eigenvalue weighted by atomic mass is 16.5. The Labute approximate surface area is 194 Å². The van der Waals surface area contributed by atoms with Crippen molar-refractivity contribution in [2.24, 2.45) is 34.5 Å². The van der Waals surface area contributed by atoms with Gasteiger partial charge in [0.1, 0.15) is 0 Å². The molecule has 0 spiro atoms. The molecule has 3 aliphatic rings. The number of ether oxygens (including phenoxy) is 2. The molecule has 32 heavy (non-hydrogen) atoms. The van der Waals surface area contributed by atoms with Gasteiger partial charge in [0.05, 0.1) is 44.1 Å². The molecule has 3 fully saturated rings. The van der Waals surface area contributed by atoms with E-state index in [1.807, 2.05) is 6.92 Å². The van der Waals surface area contributed by atoms with E-state index in [9.17, 15) is 20.1 Å². The Morgan fingerprint density at radius 1 is 1.19 bits per heavy atom.